The molecule has 0 N–H and O–H groups in total. The average molecular weight is 292 g/mol. The van der Waals surface area contributed by atoms with Crippen molar-refractivity contribution >= 4 is 27.5 Å². The van der Waals surface area contributed by atoms with Gasteiger partial charge in [-0.05, 0) is 37.3 Å². The fraction of sp³-hybridized carbons (Fsp3) is 0.500. The Kier molecular flexibility index (Phi) is 3.68. The largest absolute Gasteiger partial charge is 0.207 e. The van der Waals surface area contributed by atoms with Crippen LogP contribution in [0.2, 0.25) is 5.02 Å². The van der Waals surface area contributed by atoms with Crippen LogP contribution in [-0.4, -0.2) is 4.83 Å². The molecule has 1 aliphatic carbocycles. The molecule has 1 aliphatic rings. The molecule has 1 saturated carbocycles. The van der Waals surface area contributed by atoms with Crippen molar-refractivity contribution in [2.45, 2.75) is 30.5 Å². The zero-order valence-corrected chi connectivity index (χ0v) is 10.7. The first-order valence-electron chi connectivity index (χ1n) is 5.25. The monoisotopic (exact) mass is 290 g/mol. The first-order valence-corrected chi connectivity index (χ1v) is 6.55. The molecule has 0 aromatic heterocycles. The van der Waals surface area contributed by atoms with Gasteiger partial charge in [0.15, 0.2) is 0 Å². The normalized spacial score (nSPS) is 18.6. The number of benzene rings is 1. The predicted octanol–water partition coefficient (Wildman–Crippen LogP) is 4.59. The Morgan fingerprint density at radius 3 is 2.73 bits per heavy atom. The number of alkyl halides is 1. The highest BCUT2D eigenvalue weighted by Gasteiger charge is 2.26. The lowest BCUT2D eigenvalue weighted by Crippen LogP contribution is -2.24. The Morgan fingerprint density at radius 2 is 2.20 bits per heavy atom. The Bertz CT molecular complexity index is 329. The molecule has 0 heterocycles. The van der Waals surface area contributed by atoms with Crippen molar-refractivity contribution in [2.75, 3.05) is 0 Å². The molecule has 0 amide bonds. The summed E-state index contributed by atoms with van der Waals surface area (Å²) in [6, 6.07) is 4.87. The van der Waals surface area contributed by atoms with Crippen LogP contribution in [0, 0.1) is 11.7 Å². The van der Waals surface area contributed by atoms with Crippen LogP contribution in [0.1, 0.15) is 24.8 Å². The lowest BCUT2D eigenvalue weighted by Gasteiger charge is -2.30. The van der Waals surface area contributed by atoms with E-state index in [9.17, 15) is 4.39 Å². The van der Waals surface area contributed by atoms with Crippen molar-refractivity contribution in [3.8, 4) is 0 Å². The highest BCUT2D eigenvalue weighted by atomic mass is 79.9. The van der Waals surface area contributed by atoms with Crippen molar-refractivity contribution in [3.63, 3.8) is 0 Å². The molecule has 1 fully saturated rings. The van der Waals surface area contributed by atoms with Gasteiger partial charge in [-0.1, -0.05) is 40.0 Å². The van der Waals surface area contributed by atoms with E-state index in [4.69, 9.17) is 11.6 Å². The molecule has 0 saturated heterocycles. The van der Waals surface area contributed by atoms with Gasteiger partial charge in [0.25, 0.3) is 0 Å². The molecule has 1 unspecified atom stereocenters. The van der Waals surface area contributed by atoms with Gasteiger partial charge in [-0.2, -0.15) is 0 Å². The quantitative estimate of drug-likeness (QED) is 0.715. The second kappa shape index (κ2) is 4.84. The molecule has 3 heteroatoms. The van der Waals surface area contributed by atoms with E-state index < -0.39 is 0 Å². The molecule has 1 atom stereocenters. The van der Waals surface area contributed by atoms with Crippen molar-refractivity contribution in [1.82, 2.24) is 0 Å². The van der Waals surface area contributed by atoms with Crippen LogP contribution in [0.4, 0.5) is 4.39 Å². The SMILES string of the molecule is Fc1cccc(Cl)c1CC(Br)C1CCC1. The van der Waals surface area contributed by atoms with Crippen molar-refractivity contribution < 1.29 is 4.39 Å². The zero-order chi connectivity index (χ0) is 10.8. The van der Waals surface area contributed by atoms with Crippen LogP contribution in [0.5, 0.6) is 0 Å². The summed E-state index contributed by atoms with van der Waals surface area (Å²) in [6.07, 6.45) is 4.50. The molecule has 0 radical (unpaired) electrons. The molecule has 0 spiro atoms. The Balaban J connectivity index is 2.09. The van der Waals surface area contributed by atoms with Crippen LogP contribution in [0.15, 0.2) is 18.2 Å². The van der Waals surface area contributed by atoms with Gasteiger partial charge in [0.2, 0.25) is 0 Å². The lowest BCUT2D eigenvalue weighted by molar-refractivity contribution is 0.307. The van der Waals surface area contributed by atoms with Crippen molar-refractivity contribution in [1.29, 1.82) is 0 Å². The van der Waals surface area contributed by atoms with E-state index in [1.54, 1.807) is 12.1 Å². The minimum Gasteiger partial charge on any atom is -0.207 e. The first kappa shape index (κ1) is 11.4. The standard InChI is InChI=1S/C12H13BrClF/c13-10(8-3-1-4-8)7-9-11(14)5-2-6-12(9)15/h2,5-6,8,10H,1,3-4,7H2. The minimum atomic E-state index is -0.189. The van der Waals surface area contributed by atoms with Gasteiger partial charge in [0.05, 0.1) is 0 Å². The van der Waals surface area contributed by atoms with Gasteiger partial charge in [-0.15, -0.1) is 0 Å². The molecule has 0 nitrogen and oxygen atoms in total. The summed E-state index contributed by atoms with van der Waals surface area (Å²) in [5, 5.41) is 0.541. The van der Waals surface area contributed by atoms with Crippen LogP contribution in [0.25, 0.3) is 0 Å². The van der Waals surface area contributed by atoms with E-state index in [1.807, 2.05) is 0 Å². The van der Waals surface area contributed by atoms with Crippen LogP contribution in [-0.2, 0) is 6.42 Å². The molecule has 15 heavy (non-hydrogen) atoms. The van der Waals surface area contributed by atoms with Crippen molar-refractivity contribution in [3.05, 3.63) is 34.6 Å². The van der Waals surface area contributed by atoms with Gasteiger partial charge in [0, 0.05) is 15.4 Å². The van der Waals surface area contributed by atoms with Crippen LogP contribution in [0.3, 0.4) is 0 Å². The highest BCUT2D eigenvalue weighted by Crippen LogP contribution is 2.36. The third-order valence-corrected chi connectivity index (χ3v) is 4.55. The summed E-state index contributed by atoms with van der Waals surface area (Å²) < 4.78 is 13.5. The maximum absolute atomic E-state index is 13.5. The molecular formula is C12H13BrClF. The summed E-state index contributed by atoms with van der Waals surface area (Å²) in [6.45, 7) is 0. The van der Waals surface area contributed by atoms with Crippen LogP contribution >= 0.6 is 27.5 Å². The third kappa shape index (κ3) is 2.54. The highest BCUT2D eigenvalue weighted by molar-refractivity contribution is 9.09. The number of hydrogen-bond donors (Lipinski definition) is 0. The maximum Gasteiger partial charge on any atom is 0.127 e. The topological polar surface area (TPSA) is 0 Å². The Hall–Kier alpha value is -0.0800. The first-order chi connectivity index (χ1) is 7.18. The summed E-state index contributed by atoms with van der Waals surface area (Å²) in [5.74, 6) is 0.506. The van der Waals surface area contributed by atoms with E-state index in [0.29, 0.717) is 27.8 Å². The summed E-state index contributed by atoms with van der Waals surface area (Å²) >= 11 is 9.61. The minimum absolute atomic E-state index is 0.189. The fourth-order valence-electron chi connectivity index (χ4n) is 1.89. The van der Waals surface area contributed by atoms with Gasteiger partial charge in [0.1, 0.15) is 5.82 Å². The van der Waals surface area contributed by atoms with E-state index in [1.165, 1.54) is 25.3 Å². The van der Waals surface area contributed by atoms with Gasteiger partial charge < -0.3 is 0 Å². The zero-order valence-electron chi connectivity index (χ0n) is 8.35. The van der Waals surface area contributed by atoms with E-state index >= 15 is 0 Å². The molecule has 0 bridgehead atoms. The lowest BCUT2D eigenvalue weighted by atomic mass is 9.81. The maximum atomic E-state index is 13.5. The number of hydrogen-bond acceptors (Lipinski definition) is 0. The van der Waals surface area contributed by atoms with Gasteiger partial charge in [-0.3, -0.25) is 0 Å². The molecule has 2 rings (SSSR count). The summed E-state index contributed by atoms with van der Waals surface area (Å²) in [7, 11) is 0. The smallest absolute Gasteiger partial charge is 0.127 e. The summed E-state index contributed by atoms with van der Waals surface area (Å²) in [5.41, 5.74) is 0.646. The van der Waals surface area contributed by atoms with E-state index in [-0.39, 0.29) is 5.82 Å². The van der Waals surface area contributed by atoms with E-state index in [0.717, 1.165) is 0 Å². The average Bonchev–Trinajstić information content (AvgIpc) is 2.08. The molecule has 0 aliphatic heterocycles. The Labute approximate surface area is 103 Å². The second-order valence-electron chi connectivity index (χ2n) is 4.11. The predicted molar refractivity (Wildman–Crippen MR) is 65.2 cm³/mol. The van der Waals surface area contributed by atoms with Crippen molar-refractivity contribution in [2.24, 2.45) is 5.92 Å². The summed E-state index contributed by atoms with van der Waals surface area (Å²) in [4.78, 5) is 0.362. The molecule has 82 valence electrons. The Morgan fingerprint density at radius 1 is 1.47 bits per heavy atom. The molecule has 1 aromatic carbocycles. The van der Waals surface area contributed by atoms with E-state index in [2.05, 4.69) is 15.9 Å². The third-order valence-electron chi connectivity index (χ3n) is 3.12. The molecular weight excluding hydrogens is 278 g/mol. The fourth-order valence-corrected chi connectivity index (χ4v) is 2.98. The molecule has 1 aromatic rings. The number of halogens is 3. The van der Waals surface area contributed by atoms with Crippen LogP contribution < -0.4 is 0 Å². The number of rotatable bonds is 3. The second-order valence-corrected chi connectivity index (χ2v) is 5.69. The van der Waals surface area contributed by atoms with Gasteiger partial charge >= 0.3 is 0 Å². The van der Waals surface area contributed by atoms with Gasteiger partial charge in [-0.25, -0.2) is 4.39 Å².